The maximum atomic E-state index is 13.6. The van der Waals surface area contributed by atoms with Crippen LogP contribution in [0.5, 0.6) is 0 Å². The Hall–Kier alpha value is -2.73. The van der Waals surface area contributed by atoms with Gasteiger partial charge in [0.1, 0.15) is 18.1 Å². The minimum Gasteiger partial charge on any atom is -0.497 e. The van der Waals surface area contributed by atoms with Gasteiger partial charge in [-0.05, 0) is 80.4 Å². The third-order valence-electron chi connectivity index (χ3n) is 9.29. The van der Waals surface area contributed by atoms with Gasteiger partial charge in [0.15, 0.2) is 14.0 Å². The lowest BCUT2D eigenvalue weighted by Crippen LogP contribution is -2.42. The van der Waals surface area contributed by atoms with Crippen LogP contribution in [0.15, 0.2) is 29.5 Å². The molecule has 1 saturated carbocycles. The third-order valence-corrected chi connectivity index (χ3v) is 13.8. The number of pyridine rings is 1. The highest BCUT2D eigenvalue weighted by molar-refractivity contribution is 6.74. The Kier molecular flexibility index (Phi) is 11.5. The summed E-state index contributed by atoms with van der Waals surface area (Å²) in [4.78, 5) is 30.7. The molecule has 2 N–H and O–H groups in total. The Morgan fingerprint density at radius 1 is 1.16 bits per heavy atom. The fraction of sp³-hybridized carbons (Fsp3) is 0.667. The van der Waals surface area contributed by atoms with Gasteiger partial charge in [0, 0.05) is 24.4 Å². The summed E-state index contributed by atoms with van der Waals surface area (Å²) in [5.74, 6) is 0.474. The zero-order valence-corrected chi connectivity index (χ0v) is 29.3. The van der Waals surface area contributed by atoms with Crippen LogP contribution in [0.25, 0.3) is 5.57 Å². The van der Waals surface area contributed by atoms with Gasteiger partial charge in [-0.2, -0.15) is 0 Å². The molecule has 1 fully saturated rings. The molecule has 1 heterocycles. The van der Waals surface area contributed by atoms with Crippen molar-refractivity contribution in [3.63, 3.8) is 0 Å². The largest absolute Gasteiger partial charge is 0.511 e. The standard InChI is InChI=1S/C33H52N2O8Si/c1-12-33(8)21(3)27(39-9)17-25(33)24-15-16-26(29(36)34-18-23-13-14-23)35-28(24)30(37)42-22(4)43-31(38)41-20(2)19-40-44(10,11)32(5,6)7/h15-17,20,22-23,29,34,36H,12-14,18-19H2,1-11H3/t20?,22?,29?,33-/m1/s1. The normalized spacial score (nSPS) is 21.0. The number of carbonyl (C=O) groups excluding carboxylic acids is 2. The summed E-state index contributed by atoms with van der Waals surface area (Å²) < 4.78 is 27.9. The van der Waals surface area contributed by atoms with Gasteiger partial charge in [0.05, 0.1) is 19.4 Å². The summed E-state index contributed by atoms with van der Waals surface area (Å²) in [7, 11) is -0.402. The predicted octanol–water partition coefficient (Wildman–Crippen LogP) is 6.87. The number of hydrogen-bond acceptors (Lipinski definition) is 10. The number of allylic oxidation sites excluding steroid dienone is 3. The van der Waals surface area contributed by atoms with Crippen molar-refractivity contribution in [2.24, 2.45) is 11.3 Å². The van der Waals surface area contributed by atoms with Crippen LogP contribution in [0.4, 0.5) is 4.79 Å². The van der Waals surface area contributed by atoms with Crippen molar-refractivity contribution in [3.8, 4) is 0 Å². The molecule has 4 atom stereocenters. The van der Waals surface area contributed by atoms with E-state index >= 15 is 0 Å². The minimum atomic E-state index is -2.02. The van der Waals surface area contributed by atoms with Crippen molar-refractivity contribution in [2.45, 2.75) is 111 Å². The first-order valence-corrected chi connectivity index (χ1v) is 18.5. The van der Waals surface area contributed by atoms with E-state index in [0.717, 1.165) is 36.2 Å². The Morgan fingerprint density at radius 2 is 1.82 bits per heavy atom. The molecule has 1 aromatic heterocycles. The summed E-state index contributed by atoms with van der Waals surface area (Å²) in [6.07, 6.45) is 1.08. The van der Waals surface area contributed by atoms with Gasteiger partial charge >= 0.3 is 12.1 Å². The number of esters is 1. The van der Waals surface area contributed by atoms with Crippen molar-refractivity contribution in [1.82, 2.24) is 10.3 Å². The molecule has 11 heteroatoms. The molecule has 0 bridgehead atoms. The lowest BCUT2D eigenvalue weighted by atomic mass is 9.74. The van der Waals surface area contributed by atoms with Gasteiger partial charge in [-0.25, -0.2) is 14.6 Å². The van der Waals surface area contributed by atoms with Crippen molar-refractivity contribution in [3.05, 3.63) is 46.5 Å². The average Bonchev–Trinajstić information content (AvgIpc) is 3.74. The smallest absolute Gasteiger partial charge is 0.497 e. The monoisotopic (exact) mass is 632 g/mol. The number of methoxy groups -OCH3 is 1. The SMILES string of the molecule is CC[C@@]1(C)C(c2ccc(C(O)NCC3CC3)nc2C(=O)OC(C)OC(=O)OC(C)CO[Si](C)(C)C(C)(C)C)=CC(OC)=C1C. The van der Waals surface area contributed by atoms with E-state index in [4.69, 9.17) is 23.4 Å². The van der Waals surface area contributed by atoms with Gasteiger partial charge in [0.25, 0.3) is 0 Å². The molecular weight excluding hydrogens is 580 g/mol. The maximum Gasteiger partial charge on any atom is 0.511 e. The van der Waals surface area contributed by atoms with E-state index in [9.17, 15) is 14.7 Å². The molecule has 0 aromatic carbocycles. The number of hydrogen-bond donors (Lipinski definition) is 2. The molecule has 246 valence electrons. The second kappa shape index (κ2) is 14.1. The van der Waals surface area contributed by atoms with E-state index in [2.05, 4.69) is 58.0 Å². The number of ether oxygens (including phenoxy) is 4. The Bertz CT molecular complexity index is 1270. The summed E-state index contributed by atoms with van der Waals surface area (Å²) in [6.45, 7) is 20.9. The molecule has 0 saturated heterocycles. The highest BCUT2D eigenvalue weighted by atomic mass is 28.4. The second-order valence-corrected chi connectivity index (χ2v) is 18.5. The first kappa shape index (κ1) is 35.7. The first-order chi connectivity index (χ1) is 20.4. The molecule has 0 amide bonds. The van der Waals surface area contributed by atoms with Gasteiger partial charge in [-0.3, -0.25) is 5.32 Å². The van der Waals surface area contributed by atoms with Gasteiger partial charge < -0.3 is 28.5 Å². The second-order valence-electron chi connectivity index (χ2n) is 13.7. The Labute approximate surface area is 263 Å². The van der Waals surface area contributed by atoms with Crippen LogP contribution < -0.4 is 5.32 Å². The Balaban J connectivity index is 1.76. The predicted molar refractivity (Wildman–Crippen MR) is 171 cm³/mol. The van der Waals surface area contributed by atoms with Crippen molar-refractivity contribution >= 4 is 26.0 Å². The minimum absolute atomic E-state index is 0.00538. The maximum absolute atomic E-state index is 13.6. The quantitative estimate of drug-likeness (QED) is 0.127. The number of nitrogens with zero attached hydrogens (tertiary/aromatic N) is 1. The molecule has 44 heavy (non-hydrogen) atoms. The number of rotatable bonds is 14. The van der Waals surface area contributed by atoms with Crippen molar-refractivity contribution in [2.75, 3.05) is 20.3 Å². The highest BCUT2D eigenvalue weighted by Gasteiger charge is 2.40. The van der Waals surface area contributed by atoms with E-state index < -0.39 is 44.5 Å². The number of nitrogens with one attached hydrogen (secondary N) is 1. The van der Waals surface area contributed by atoms with Crippen molar-refractivity contribution in [1.29, 1.82) is 0 Å². The average molecular weight is 633 g/mol. The molecule has 3 unspecified atom stereocenters. The van der Waals surface area contributed by atoms with Gasteiger partial charge in [0.2, 0.25) is 6.29 Å². The van der Waals surface area contributed by atoms with E-state index in [1.165, 1.54) is 6.92 Å². The zero-order valence-electron chi connectivity index (χ0n) is 28.3. The number of aliphatic hydroxyl groups excluding tert-OH is 1. The lowest BCUT2D eigenvalue weighted by molar-refractivity contribution is -0.0908. The third kappa shape index (κ3) is 8.50. The Morgan fingerprint density at radius 3 is 2.39 bits per heavy atom. The fourth-order valence-electron chi connectivity index (χ4n) is 4.75. The van der Waals surface area contributed by atoms with Crippen LogP contribution in [0, 0.1) is 11.3 Å². The number of aliphatic hydroxyl groups is 1. The molecule has 1 aromatic rings. The molecule has 3 rings (SSSR count). The van der Waals surface area contributed by atoms with Crippen LogP contribution in [0.2, 0.25) is 18.1 Å². The highest BCUT2D eigenvalue weighted by Crippen LogP contribution is 2.51. The van der Waals surface area contributed by atoms with Crippen LogP contribution in [0.1, 0.15) is 103 Å². The number of carbonyl (C=O) groups is 2. The topological polar surface area (TPSA) is 125 Å². The molecule has 10 nitrogen and oxygen atoms in total. The van der Waals surface area contributed by atoms with E-state index in [1.54, 1.807) is 26.2 Å². The summed E-state index contributed by atoms with van der Waals surface area (Å²) in [5, 5.41) is 13.9. The molecule has 0 aliphatic heterocycles. The zero-order chi connectivity index (χ0) is 33.0. The summed E-state index contributed by atoms with van der Waals surface area (Å²) in [6, 6.07) is 3.48. The first-order valence-electron chi connectivity index (χ1n) is 15.6. The van der Waals surface area contributed by atoms with E-state index in [0.29, 0.717) is 23.7 Å². The molecule has 0 radical (unpaired) electrons. The van der Waals surface area contributed by atoms with Crippen LogP contribution in [-0.2, 0) is 23.4 Å². The van der Waals surface area contributed by atoms with Gasteiger partial charge in [-0.15, -0.1) is 0 Å². The van der Waals surface area contributed by atoms with Crippen LogP contribution in [0.3, 0.4) is 0 Å². The summed E-state index contributed by atoms with van der Waals surface area (Å²) >= 11 is 0. The fourth-order valence-corrected chi connectivity index (χ4v) is 5.84. The molecule has 2 aliphatic rings. The van der Waals surface area contributed by atoms with E-state index in [-0.39, 0.29) is 17.3 Å². The van der Waals surface area contributed by atoms with Crippen LogP contribution >= 0.6 is 0 Å². The van der Waals surface area contributed by atoms with Crippen molar-refractivity contribution < 1.29 is 38.1 Å². The number of aromatic nitrogens is 1. The lowest BCUT2D eigenvalue weighted by Gasteiger charge is -2.36. The molecular formula is C33H52N2O8Si. The van der Waals surface area contributed by atoms with Gasteiger partial charge in [-0.1, -0.05) is 40.7 Å². The molecule has 2 aliphatic carbocycles. The van der Waals surface area contributed by atoms with Crippen LogP contribution in [-0.4, -0.2) is 63.2 Å². The van der Waals surface area contributed by atoms with E-state index in [1.807, 2.05) is 13.0 Å². The summed E-state index contributed by atoms with van der Waals surface area (Å²) in [5.41, 5.74) is 2.32. The molecule has 0 spiro atoms.